The van der Waals surface area contributed by atoms with Crippen LogP contribution in [0.5, 0.6) is 0 Å². The Morgan fingerprint density at radius 2 is 1.50 bits per heavy atom. The van der Waals surface area contributed by atoms with Crippen LogP contribution >= 0.6 is 0 Å². The van der Waals surface area contributed by atoms with Gasteiger partial charge in [-0.15, -0.1) is 0 Å². The van der Waals surface area contributed by atoms with Crippen LogP contribution in [0.25, 0.3) is 0 Å². The summed E-state index contributed by atoms with van der Waals surface area (Å²) in [6.45, 7) is 10.7. The fourth-order valence-corrected chi connectivity index (χ4v) is 2.82. The van der Waals surface area contributed by atoms with Crippen molar-refractivity contribution in [3.63, 3.8) is 0 Å². The lowest BCUT2D eigenvalue weighted by molar-refractivity contribution is 0.865. The van der Waals surface area contributed by atoms with Crippen molar-refractivity contribution in [1.29, 1.82) is 0 Å². The maximum absolute atomic E-state index is 6.25. The molecule has 0 heterocycles. The Kier molecular flexibility index (Phi) is 5.48. The zero-order chi connectivity index (χ0) is 16.1. The van der Waals surface area contributed by atoms with Crippen molar-refractivity contribution >= 4 is 11.4 Å². The first kappa shape index (κ1) is 16.4. The van der Waals surface area contributed by atoms with Crippen LogP contribution in [-0.2, 0) is 6.42 Å². The maximum Gasteiger partial charge on any atom is 0.0599 e. The van der Waals surface area contributed by atoms with Gasteiger partial charge in [-0.25, -0.2) is 0 Å². The molecule has 0 bridgehead atoms. The van der Waals surface area contributed by atoms with Gasteiger partial charge in [-0.3, -0.25) is 0 Å². The molecule has 2 rings (SSSR count). The van der Waals surface area contributed by atoms with Gasteiger partial charge < -0.3 is 10.6 Å². The van der Waals surface area contributed by atoms with Crippen LogP contribution in [0.4, 0.5) is 11.4 Å². The van der Waals surface area contributed by atoms with Crippen molar-refractivity contribution in [2.45, 2.75) is 40.0 Å². The second-order valence-corrected chi connectivity index (χ2v) is 6.14. The molecule has 2 aromatic rings. The van der Waals surface area contributed by atoms with E-state index in [-0.39, 0.29) is 0 Å². The number of nitrogens with two attached hydrogens (primary N) is 1. The minimum absolute atomic E-state index is 0.582. The number of hydrogen-bond acceptors (Lipinski definition) is 2. The highest BCUT2D eigenvalue weighted by Gasteiger charge is 2.07. The van der Waals surface area contributed by atoms with Gasteiger partial charge in [-0.1, -0.05) is 44.2 Å². The Bertz CT molecular complexity index is 596. The summed E-state index contributed by atoms with van der Waals surface area (Å²) >= 11 is 0. The predicted molar refractivity (Wildman–Crippen MR) is 97.8 cm³/mol. The summed E-state index contributed by atoms with van der Waals surface area (Å²) in [6, 6.07) is 15.4. The summed E-state index contributed by atoms with van der Waals surface area (Å²) in [5.41, 5.74) is 12.3. The number of hydrogen-bond donors (Lipinski definition) is 1. The molecule has 0 aromatic heterocycles. The van der Waals surface area contributed by atoms with E-state index in [9.17, 15) is 0 Å². The van der Waals surface area contributed by atoms with Gasteiger partial charge in [-0.05, 0) is 55.0 Å². The molecular formula is C20H28N2. The van der Waals surface area contributed by atoms with Gasteiger partial charge >= 0.3 is 0 Å². The van der Waals surface area contributed by atoms with Crippen molar-refractivity contribution < 1.29 is 0 Å². The molecule has 2 heteroatoms. The van der Waals surface area contributed by atoms with Gasteiger partial charge in [0.2, 0.25) is 0 Å². The molecule has 118 valence electrons. The molecule has 0 saturated heterocycles. The SMILES string of the molecule is CCN(CC)c1ccc(Cc2ccc(C(C)C)cc2)cc1N. The van der Waals surface area contributed by atoms with Gasteiger partial charge in [0.25, 0.3) is 0 Å². The number of benzene rings is 2. The van der Waals surface area contributed by atoms with E-state index in [0.29, 0.717) is 5.92 Å². The highest BCUT2D eigenvalue weighted by atomic mass is 15.1. The summed E-state index contributed by atoms with van der Waals surface area (Å²) in [5.74, 6) is 0.582. The monoisotopic (exact) mass is 296 g/mol. The fourth-order valence-electron chi connectivity index (χ4n) is 2.82. The van der Waals surface area contributed by atoms with Crippen molar-refractivity contribution in [3.05, 3.63) is 59.2 Å². The molecule has 0 unspecified atom stereocenters. The molecule has 0 spiro atoms. The topological polar surface area (TPSA) is 29.3 Å². The van der Waals surface area contributed by atoms with Gasteiger partial charge in [0.15, 0.2) is 0 Å². The third kappa shape index (κ3) is 3.82. The number of nitrogens with zero attached hydrogens (tertiary/aromatic N) is 1. The predicted octanol–water partition coefficient (Wildman–Crippen LogP) is 4.83. The van der Waals surface area contributed by atoms with E-state index >= 15 is 0 Å². The Morgan fingerprint density at radius 3 is 2.00 bits per heavy atom. The van der Waals surface area contributed by atoms with Gasteiger partial charge in [0.05, 0.1) is 11.4 Å². The lowest BCUT2D eigenvalue weighted by atomic mass is 9.98. The Labute approximate surface area is 135 Å². The average Bonchev–Trinajstić information content (AvgIpc) is 2.51. The second-order valence-electron chi connectivity index (χ2n) is 6.14. The van der Waals surface area contributed by atoms with Crippen molar-refractivity contribution in [2.75, 3.05) is 23.7 Å². The van der Waals surface area contributed by atoms with Crippen molar-refractivity contribution in [2.24, 2.45) is 0 Å². The third-order valence-electron chi connectivity index (χ3n) is 4.25. The number of anilines is 2. The van der Waals surface area contributed by atoms with E-state index in [4.69, 9.17) is 5.73 Å². The van der Waals surface area contributed by atoms with Crippen LogP contribution in [0.15, 0.2) is 42.5 Å². The lowest BCUT2D eigenvalue weighted by Crippen LogP contribution is -2.22. The van der Waals surface area contributed by atoms with Crippen LogP contribution in [0.2, 0.25) is 0 Å². The van der Waals surface area contributed by atoms with Crippen molar-refractivity contribution in [1.82, 2.24) is 0 Å². The fraction of sp³-hybridized carbons (Fsp3) is 0.400. The average molecular weight is 296 g/mol. The van der Waals surface area contributed by atoms with E-state index in [0.717, 1.165) is 30.9 Å². The summed E-state index contributed by atoms with van der Waals surface area (Å²) in [5, 5.41) is 0. The third-order valence-corrected chi connectivity index (χ3v) is 4.25. The minimum atomic E-state index is 0.582. The van der Waals surface area contributed by atoms with E-state index in [1.54, 1.807) is 0 Å². The van der Waals surface area contributed by atoms with E-state index in [2.05, 4.69) is 75.1 Å². The first-order valence-electron chi connectivity index (χ1n) is 8.27. The first-order valence-corrected chi connectivity index (χ1v) is 8.27. The Hall–Kier alpha value is -1.96. The highest BCUT2D eigenvalue weighted by molar-refractivity contribution is 5.68. The maximum atomic E-state index is 6.25. The summed E-state index contributed by atoms with van der Waals surface area (Å²) < 4.78 is 0. The Morgan fingerprint density at radius 1 is 0.909 bits per heavy atom. The largest absolute Gasteiger partial charge is 0.397 e. The summed E-state index contributed by atoms with van der Waals surface area (Å²) in [6.07, 6.45) is 0.932. The van der Waals surface area contributed by atoms with Crippen LogP contribution in [0, 0.1) is 0 Å². The number of nitrogen functional groups attached to an aromatic ring is 1. The van der Waals surface area contributed by atoms with Crippen LogP contribution in [-0.4, -0.2) is 13.1 Å². The molecule has 0 amide bonds. The summed E-state index contributed by atoms with van der Waals surface area (Å²) in [7, 11) is 0. The number of rotatable bonds is 6. The van der Waals surface area contributed by atoms with Gasteiger partial charge in [0.1, 0.15) is 0 Å². The molecule has 0 fully saturated rings. The lowest BCUT2D eigenvalue weighted by Gasteiger charge is -2.23. The van der Waals surface area contributed by atoms with Crippen LogP contribution in [0.1, 0.15) is 50.3 Å². The van der Waals surface area contributed by atoms with Crippen LogP contribution in [0.3, 0.4) is 0 Å². The molecule has 2 aromatic carbocycles. The zero-order valence-corrected chi connectivity index (χ0v) is 14.3. The van der Waals surface area contributed by atoms with E-state index in [1.165, 1.54) is 16.7 Å². The minimum Gasteiger partial charge on any atom is -0.397 e. The molecule has 22 heavy (non-hydrogen) atoms. The van der Waals surface area contributed by atoms with Crippen molar-refractivity contribution in [3.8, 4) is 0 Å². The zero-order valence-electron chi connectivity index (χ0n) is 14.3. The van der Waals surface area contributed by atoms with E-state index in [1.807, 2.05) is 0 Å². The molecular weight excluding hydrogens is 268 g/mol. The first-order chi connectivity index (χ1) is 10.5. The summed E-state index contributed by atoms with van der Waals surface area (Å²) in [4.78, 5) is 2.29. The molecule has 2 N–H and O–H groups in total. The van der Waals surface area contributed by atoms with Gasteiger partial charge in [-0.2, -0.15) is 0 Å². The molecule has 0 aliphatic carbocycles. The van der Waals surface area contributed by atoms with Crippen LogP contribution < -0.4 is 10.6 Å². The second kappa shape index (κ2) is 7.35. The standard InChI is InChI=1S/C20H28N2/c1-5-22(6-2)20-12-9-17(14-19(20)21)13-16-7-10-18(11-8-16)15(3)4/h7-12,14-15H,5-6,13,21H2,1-4H3. The van der Waals surface area contributed by atoms with E-state index < -0.39 is 0 Å². The normalized spacial score (nSPS) is 11.0. The van der Waals surface area contributed by atoms with Gasteiger partial charge in [0, 0.05) is 13.1 Å². The molecule has 0 aliphatic rings. The molecule has 0 radical (unpaired) electrons. The molecule has 2 nitrogen and oxygen atoms in total. The molecule has 0 saturated carbocycles. The smallest absolute Gasteiger partial charge is 0.0599 e. The highest BCUT2D eigenvalue weighted by Crippen LogP contribution is 2.25. The molecule has 0 atom stereocenters. The quantitative estimate of drug-likeness (QED) is 0.774. The molecule has 0 aliphatic heterocycles. The Balaban J connectivity index is 2.15.